The van der Waals surface area contributed by atoms with Crippen molar-refractivity contribution < 1.29 is 9.59 Å². The molecule has 0 atom stereocenters. The molecule has 2 amide bonds. The standard InChI is InChI=1S/C26H34N6O2S/c1-3-5-7-19-9-13-21(14-10-19)28-23(33)17-32-25(27)30-31-26(32)35-18-24(34)29-22-15-11-20(12-16-22)8-6-4-2/h9-16H,3-8,17-18H2,1-2H3,(H2,27,30)(H,28,33)(H,29,34). The number of thioether (sulfide) groups is 1. The number of rotatable bonds is 13. The van der Waals surface area contributed by atoms with Gasteiger partial charge in [0.25, 0.3) is 0 Å². The van der Waals surface area contributed by atoms with E-state index in [2.05, 4.69) is 34.7 Å². The van der Waals surface area contributed by atoms with Crippen LogP contribution in [0.25, 0.3) is 0 Å². The first-order valence-corrected chi connectivity index (χ1v) is 13.1. The summed E-state index contributed by atoms with van der Waals surface area (Å²) in [5.74, 6) is -0.165. The van der Waals surface area contributed by atoms with E-state index in [0.29, 0.717) is 5.16 Å². The van der Waals surface area contributed by atoms with E-state index in [-0.39, 0.29) is 30.1 Å². The van der Waals surface area contributed by atoms with Gasteiger partial charge in [-0.05, 0) is 61.1 Å². The van der Waals surface area contributed by atoms with Gasteiger partial charge in [0.05, 0.1) is 5.75 Å². The van der Waals surface area contributed by atoms with Gasteiger partial charge in [0.15, 0.2) is 5.16 Å². The quantitative estimate of drug-likeness (QED) is 0.291. The molecule has 186 valence electrons. The SMILES string of the molecule is CCCCc1ccc(NC(=O)CSc2nnc(N)n2CC(=O)Nc2ccc(CCCC)cc2)cc1. The van der Waals surface area contributed by atoms with Crippen LogP contribution in [-0.2, 0) is 29.0 Å². The third-order valence-electron chi connectivity index (χ3n) is 5.49. The predicted octanol–water partition coefficient (Wildman–Crippen LogP) is 4.92. The Balaban J connectivity index is 1.50. The van der Waals surface area contributed by atoms with Crippen molar-refractivity contribution in [3.05, 3.63) is 59.7 Å². The summed E-state index contributed by atoms with van der Waals surface area (Å²) in [6.07, 6.45) is 6.65. The van der Waals surface area contributed by atoms with Crippen LogP contribution in [0.5, 0.6) is 0 Å². The van der Waals surface area contributed by atoms with Crippen LogP contribution in [0.2, 0.25) is 0 Å². The molecule has 0 saturated carbocycles. The molecule has 0 aliphatic rings. The monoisotopic (exact) mass is 494 g/mol. The van der Waals surface area contributed by atoms with Crippen LogP contribution in [0.3, 0.4) is 0 Å². The number of aryl methyl sites for hydroxylation is 2. The van der Waals surface area contributed by atoms with Crippen molar-refractivity contribution in [3.8, 4) is 0 Å². The van der Waals surface area contributed by atoms with E-state index >= 15 is 0 Å². The third-order valence-corrected chi connectivity index (χ3v) is 6.46. The van der Waals surface area contributed by atoms with Gasteiger partial charge in [0, 0.05) is 11.4 Å². The Bertz CT molecular complexity index is 1100. The summed E-state index contributed by atoms with van der Waals surface area (Å²) >= 11 is 1.18. The van der Waals surface area contributed by atoms with Gasteiger partial charge < -0.3 is 16.4 Å². The Hall–Kier alpha value is -3.33. The number of nitrogens with one attached hydrogen (secondary N) is 2. The van der Waals surface area contributed by atoms with Crippen molar-refractivity contribution in [2.45, 2.75) is 64.1 Å². The van der Waals surface area contributed by atoms with Crippen LogP contribution in [0.15, 0.2) is 53.7 Å². The van der Waals surface area contributed by atoms with Crippen LogP contribution in [0.4, 0.5) is 17.3 Å². The average Bonchev–Trinajstić information content (AvgIpc) is 3.20. The molecule has 0 fully saturated rings. The Morgan fingerprint density at radius 2 is 1.34 bits per heavy atom. The van der Waals surface area contributed by atoms with Gasteiger partial charge in [-0.25, -0.2) is 0 Å². The maximum Gasteiger partial charge on any atom is 0.244 e. The minimum absolute atomic E-state index is 0.0421. The van der Waals surface area contributed by atoms with Crippen LogP contribution in [0.1, 0.15) is 50.7 Å². The molecule has 8 nitrogen and oxygen atoms in total. The van der Waals surface area contributed by atoms with Crippen LogP contribution in [0, 0.1) is 0 Å². The molecule has 3 rings (SSSR count). The predicted molar refractivity (Wildman–Crippen MR) is 143 cm³/mol. The highest BCUT2D eigenvalue weighted by molar-refractivity contribution is 7.99. The summed E-state index contributed by atoms with van der Waals surface area (Å²) in [4.78, 5) is 25.0. The molecular weight excluding hydrogens is 460 g/mol. The summed E-state index contributed by atoms with van der Waals surface area (Å²) in [7, 11) is 0. The second kappa shape index (κ2) is 13.5. The first-order chi connectivity index (χ1) is 17.0. The number of hydrogen-bond acceptors (Lipinski definition) is 6. The van der Waals surface area contributed by atoms with Crippen LogP contribution < -0.4 is 16.4 Å². The van der Waals surface area contributed by atoms with Crippen molar-refractivity contribution in [2.24, 2.45) is 0 Å². The molecule has 3 aromatic rings. The topological polar surface area (TPSA) is 115 Å². The van der Waals surface area contributed by atoms with E-state index in [9.17, 15) is 9.59 Å². The fourth-order valence-electron chi connectivity index (χ4n) is 3.50. The summed E-state index contributed by atoms with van der Waals surface area (Å²) in [6, 6.07) is 15.7. The smallest absolute Gasteiger partial charge is 0.244 e. The summed E-state index contributed by atoms with van der Waals surface area (Å²) < 4.78 is 1.51. The number of aromatic nitrogens is 3. The lowest BCUT2D eigenvalue weighted by Gasteiger charge is -2.10. The molecule has 4 N–H and O–H groups in total. The highest BCUT2D eigenvalue weighted by atomic mass is 32.2. The molecule has 0 bridgehead atoms. The highest BCUT2D eigenvalue weighted by Gasteiger charge is 2.15. The number of anilines is 3. The van der Waals surface area contributed by atoms with Crippen molar-refractivity contribution in [1.29, 1.82) is 0 Å². The number of nitrogen functional groups attached to an aromatic ring is 1. The lowest BCUT2D eigenvalue weighted by molar-refractivity contribution is -0.117. The maximum atomic E-state index is 12.6. The zero-order chi connectivity index (χ0) is 25.0. The van der Waals surface area contributed by atoms with Crippen molar-refractivity contribution in [2.75, 3.05) is 22.1 Å². The summed E-state index contributed by atoms with van der Waals surface area (Å²) in [5.41, 5.74) is 9.89. The van der Waals surface area contributed by atoms with Crippen LogP contribution >= 0.6 is 11.8 Å². The van der Waals surface area contributed by atoms with E-state index < -0.39 is 0 Å². The molecule has 2 aromatic carbocycles. The number of nitrogens with two attached hydrogens (primary N) is 1. The normalized spacial score (nSPS) is 10.8. The van der Waals surface area contributed by atoms with Gasteiger partial charge in [-0.3, -0.25) is 14.2 Å². The Labute approximate surface area is 211 Å². The number of benzene rings is 2. The molecular formula is C26H34N6O2S. The van der Waals surface area contributed by atoms with Gasteiger partial charge >= 0.3 is 0 Å². The van der Waals surface area contributed by atoms with Gasteiger partial charge in [-0.15, -0.1) is 10.2 Å². The molecule has 1 aromatic heterocycles. The lowest BCUT2D eigenvalue weighted by Crippen LogP contribution is -2.21. The van der Waals surface area contributed by atoms with Crippen molar-refractivity contribution in [1.82, 2.24) is 14.8 Å². The molecule has 0 saturated heterocycles. The number of carbonyl (C=O) groups excluding carboxylic acids is 2. The highest BCUT2D eigenvalue weighted by Crippen LogP contribution is 2.20. The van der Waals surface area contributed by atoms with Crippen molar-refractivity contribution >= 4 is 40.9 Å². The summed E-state index contributed by atoms with van der Waals surface area (Å²) in [5, 5.41) is 14.1. The zero-order valence-corrected chi connectivity index (χ0v) is 21.2. The molecule has 35 heavy (non-hydrogen) atoms. The van der Waals surface area contributed by atoms with E-state index in [0.717, 1.165) is 49.9 Å². The number of amides is 2. The van der Waals surface area contributed by atoms with Gasteiger partial charge in [-0.1, -0.05) is 62.7 Å². The Morgan fingerprint density at radius 3 is 1.86 bits per heavy atom. The minimum Gasteiger partial charge on any atom is -0.368 e. The molecule has 0 spiro atoms. The van der Waals surface area contributed by atoms with Gasteiger partial charge in [0.1, 0.15) is 6.54 Å². The van der Waals surface area contributed by atoms with E-state index in [4.69, 9.17) is 5.73 Å². The molecule has 0 unspecified atom stereocenters. The summed E-state index contributed by atoms with van der Waals surface area (Å²) in [6.45, 7) is 4.29. The average molecular weight is 495 g/mol. The Kier molecular flexibility index (Phi) is 10.2. The van der Waals surface area contributed by atoms with Gasteiger partial charge in [-0.2, -0.15) is 0 Å². The molecule has 9 heteroatoms. The molecule has 0 aliphatic carbocycles. The fourth-order valence-corrected chi connectivity index (χ4v) is 4.24. The maximum absolute atomic E-state index is 12.6. The van der Waals surface area contributed by atoms with E-state index in [1.54, 1.807) is 0 Å². The minimum atomic E-state index is -0.243. The van der Waals surface area contributed by atoms with E-state index in [1.807, 2.05) is 48.5 Å². The van der Waals surface area contributed by atoms with Crippen molar-refractivity contribution in [3.63, 3.8) is 0 Å². The first-order valence-electron chi connectivity index (χ1n) is 12.1. The number of unbranched alkanes of at least 4 members (excludes halogenated alkanes) is 2. The first kappa shape index (κ1) is 26.3. The van der Waals surface area contributed by atoms with Crippen LogP contribution in [-0.4, -0.2) is 32.3 Å². The van der Waals surface area contributed by atoms with Gasteiger partial charge in [0.2, 0.25) is 17.8 Å². The van der Waals surface area contributed by atoms with E-state index in [1.165, 1.54) is 27.5 Å². The largest absolute Gasteiger partial charge is 0.368 e. The zero-order valence-electron chi connectivity index (χ0n) is 20.4. The second-order valence-electron chi connectivity index (χ2n) is 8.41. The number of nitrogens with zero attached hydrogens (tertiary/aromatic N) is 3. The third kappa shape index (κ3) is 8.43. The molecule has 0 aliphatic heterocycles. The number of hydrogen-bond donors (Lipinski definition) is 3. The lowest BCUT2D eigenvalue weighted by atomic mass is 10.1. The second-order valence-corrected chi connectivity index (χ2v) is 9.36. The number of carbonyl (C=O) groups is 2. The molecule has 0 radical (unpaired) electrons. The molecule has 1 heterocycles. The fraction of sp³-hybridized carbons (Fsp3) is 0.385. The Morgan fingerprint density at radius 1 is 0.829 bits per heavy atom.